The number of ether oxygens (including phenoxy) is 2. The zero-order chi connectivity index (χ0) is 30.6. The minimum absolute atomic E-state index is 0.153. The summed E-state index contributed by atoms with van der Waals surface area (Å²) in [5.41, 5.74) is 2.98. The Morgan fingerprint density at radius 1 is 0.814 bits per heavy atom. The highest BCUT2D eigenvalue weighted by Crippen LogP contribution is 2.33. The molecule has 0 radical (unpaired) electrons. The molecular weight excluding hydrogens is 585 g/mol. The highest BCUT2D eigenvalue weighted by Gasteiger charge is 2.27. The van der Waals surface area contributed by atoms with Gasteiger partial charge in [0.25, 0.3) is 0 Å². The molecule has 1 aliphatic rings. The molecule has 1 fully saturated rings. The predicted molar refractivity (Wildman–Crippen MR) is 169 cm³/mol. The van der Waals surface area contributed by atoms with Gasteiger partial charge in [0.1, 0.15) is 24.2 Å². The van der Waals surface area contributed by atoms with Crippen molar-refractivity contribution in [3.8, 4) is 5.75 Å². The van der Waals surface area contributed by atoms with Crippen molar-refractivity contribution in [3.63, 3.8) is 0 Å². The average Bonchev–Trinajstić information content (AvgIpc) is 3.02. The molecule has 1 amide bonds. The van der Waals surface area contributed by atoms with Crippen molar-refractivity contribution in [3.05, 3.63) is 99.5 Å². The topological polar surface area (TPSA) is 81.7 Å². The number of esters is 1. The van der Waals surface area contributed by atoms with E-state index in [-0.39, 0.29) is 17.6 Å². The molecule has 0 saturated heterocycles. The lowest BCUT2D eigenvalue weighted by Crippen LogP contribution is -2.43. The van der Waals surface area contributed by atoms with Crippen LogP contribution in [-0.4, -0.2) is 30.8 Å². The zero-order valence-corrected chi connectivity index (χ0v) is 26.0. The highest BCUT2D eigenvalue weighted by atomic mass is 35.5. The van der Waals surface area contributed by atoms with Gasteiger partial charge in [0.05, 0.1) is 17.2 Å². The van der Waals surface area contributed by atoms with Crippen LogP contribution in [0.3, 0.4) is 0 Å². The molecule has 0 bridgehead atoms. The van der Waals surface area contributed by atoms with Crippen molar-refractivity contribution < 1.29 is 23.9 Å². The summed E-state index contributed by atoms with van der Waals surface area (Å²) in [6, 6.07) is 22.2. The summed E-state index contributed by atoms with van der Waals surface area (Å²) in [4.78, 5) is 38.0. The highest BCUT2D eigenvalue weighted by molar-refractivity contribution is 6.42. The molecule has 43 heavy (non-hydrogen) atoms. The second-order valence-electron chi connectivity index (χ2n) is 11.3. The van der Waals surface area contributed by atoms with Gasteiger partial charge in [-0.05, 0) is 84.9 Å². The van der Waals surface area contributed by atoms with E-state index < -0.39 is 12.0 Å². The van der Waals surface area contributed by atoms with Crippen molar-refractivity contribution in [2.75, 3.05) is 7.11 Å². The van der Waals surface area contributed by atoms with E-state index >= 15 is 0 Å². The van der Waals surface area contributed by atoms with Gasteiger partial charge in [-0.15, -0.1) is 0 Å². The van der Waals surface area contributed by atoms with E-state index in [1.54, 1.807) is 6.07 Å². The number of hydrogen-bond acceptors (Lipinski definition) is 5. The minimum Gasteiger partial charge on any atom is -0.489 e. The Hall–Kier alpha value is -3.35. The lowest BCUT2D eigenvalue weighted by molar-refractivity contribution is -0.145. The van der Waals surface area contributed by atoms with Gasteiger partial charge in [0, 0.05) is 25.7 Å². The molecule has 1 atom stereocenters. The maximum atomic E-state index is 12.9. The van der Waals surface area contributed by atoms with Gasteiger partial charge in [-0.3, -0.25) is 9.59 Å². The van der Waals surface area contributed by atoms with Crippen LogP contribution in [0.4, 0.5) is 0 Å². The van der Waals surface area contributed by atoms with Crippen LogP contribution >= 0.6 is 23.2 Å². The Morgan fingerprint density at radius 3 is 2.12 bits per heavy atom. The van der Waals surface area contributed by atoms with E-state index in [4.69, 9.17) is 32.7 Å². The standard InChI is InChI=1S/C35H39Cl2NO5/c1-42-35(41)33(21-26-12-16-30(17-13-26)43-23-28-5-3-2-4-6-28)38-34(40)22-27-9-7-24(8-10-27)19-29(39)15-11-25-14-18-31(36)32(37)20-25/h2-6,12-14,16-18,20,24,27,33H,7-11,15,19,21-23H2,1H3,(H,38,40)/t24?,27?,33-/m0/s1. The van der Waals surface area contributed by atoms with E-state index in [1.165, 1.54) is 7.11 Å². The summed E-state index contributed by atoms with van der Waals surface area (Å²) < 4.78 is 10.8. The van der Waals surface area contributed by atoms with Crippen molar-refractivity contribution >= 4 is 40.9 Å². The lowest BCUT2D eigenvalue weighted by Gasteiger charge is -2.28. The van der Waals surface area contributed by atoms with Crippen LogP contribution in [0.25, 0.3) is 0 Å². The number of rotatable bonds is 14. The number of halogens is 2. The normalized spacial score (nSPS) is 17.1. The first-order valence-electron chi connectivity index (χ1n) is 14.9. The van der Waals surface area contributed by atoms with Gasteiger partial charge >= 0.3 is 5.97 Å². The van der Waals surface area contributed by atoms with Crippen LogP contribution in [0, 0.1) is 11.8 Å². The van der Waals surface area contributed by atoms with Crippen LogP contribution in [-0.2, 0) is 38.6 Å². The number of methoxy groups -OCH3 is 1. The molecule has 4 rings (SSSR count). The quantitative estimate of drug-likeness (QED) is 0.187. The van der Waals surface area contributed by atoms with Crippen molar-refractivity contribution in [2.24, 2.45) is 11.8 Å². The summed E-state index contributed by atoms with van der Waals surface area (Å²) in [7, 11) is 1.33. The molecule has 0 unspecified atom stereocenters. The maximum absolute atomic E-state index is 12.9. The fourth-order valence-corrected chi connectivity index (χ4v) is 5.91. The number of ketones is 1. The maximum Gasteiger partial charge on any atom is 0.328 e. The van der Waals surface area contributed by atoms with Crippen molar-refractivity contribution in [1.29, 1.82) is 0 Å². The molecular formula is C35H39Cl2NO5. The van der Waals surface area contributed by atoms with Crippen molar-refractivity contribution in [1.82, 2.24) is 5.32 Å². The number of Topliss-reactive ketones (excluding diaryl/α,β-unsaturated/α-hetero) is 1. The third-order valence-electron chi connectivity index (χ3n) is 8.07. The Morgan fingerprint density at radius 2 is 1.47 bits per heavy atom. The van der Waals surface area contributed by atoms with E-state index in [1.807, 2.05) is 66.7 Å². The zero-order valence-electron chi connectivity index (χ0n) is 24.5. The second-order valence-corrected chi connectivity index (χ2v) is 12.2. The Kier molecular flexibility index (Phi) is 12.5. The summed E-state index contributed by atoms with van der Waals surface area (Å²) in [6.07, 6.45) is 6.03. The summed E-state index contributed by atoms with van der Waals surface area (Å²) in [5.74, 6) is 0.948. The Labute approximate surface area is 264 Å². The molecule has 1 aliphatic carbocycles. The largest absolute Gasteiger partial charge is 0.489 e. The molecule has 228 valence electrons. The van der Waals surface area contributed by atoms with Gasteiger partial charge < -0.3 is 14.8 Å². The first-order chi connectivity index (χ1) is 20.8. The number of aryl methyl sites for hydroxylation is 1. The van der Waals surface area contributed by atoms with E-state index in [0.717, 1.165) is 48.1 Å². The smallest absolute Gasteiger partial charge is 0.328 e. The van der Waals surface area contributed by atoms with Crippen LogP contribution in [0.15, 0.2) is 72.8 Å². The van der Waals surface area contributed by atoms with Gasteiger partial charge in [0.2, 0.25) is 5.91 Å². The first kappa shape index (κ1) is 32.6. The van der Waals surface area contributed by atoms with E-state index in [9.17, 15) is 14.4 Å². The van der Waals surface area contributed by atoms with Gasteiger partial charge in [-0.2, -0.15) is 0 Å². The Bertz CT molecular complexity index is 1350. The molecule has 1 saturated carbocycles. The number of carbonyl (C=O) groups is 3. The number of hydrogen-bond donors (Lipinski definition) is 1. The van der Waals surface area contributed by atoms with Gasteiger partial charge in [-0.1, -0.05) is 71.7 Å². The summed E-state index contributed by atoms with van der Waals surface area (Å²) >= 11 is 12.1. The molecule has 0 aliphatic heterocycles. The molecule has 6 nitrogen and oxygen atoms in total. The predicted octanol–water partition coefficient (Wildman–Crippen LogP) is 7.56. The summed E-state index contributed by atoms with van der Waals surface area (Å²) in [5, 5.41) is 3.91. The number of amides is 1. The molecule has 0 aromatic heterocycles. The third-order valence-corrected chi connectivity index (χ3v) is 8.80. The lowest BCUT2D eigenvalue weighted by atomic mass is 9.78. The SMILES string of the molecule is COC(=O)[C@H](Cc1ccc(OCc2ccccc2)cc1)NC(=O)CC1CCC(CC(=O)CCc2ccc(Cl)c(Cl)c2)CC1. The van der Waals surface area contributed by atoms with Crippen LogP contribution in [0.5, 0.6) is 5.75 Å². The monoisotopic (exact) mass is 623 g/mol. The number of carbonyl (C=O) groups excluding carboxylic acids is 3. The minimum atomic E-state index is -0.766. The fourth-order valence-electron chi connectivity index (χ4n) is 5.59. The van der Waals surface area contributed by atoms with Crippen molar-refractivity contribution in [2.45, 2.75) is 70.4 Å². The second kappa shape index (κ2) is 16.5. The van der Waals surface area contributed by atoms with E-state index in [2.05, 4.69) is 5.32 Å². The molecule has 8 heteroatoms. The molecule has 1 N–H and O–H groups in total. The summed E-state index contributed by atoms with van der Waals surface area (Å²) in [6.45, 7) is 0.472. The van der Waals surface area contributed by atoms with Gasteiger partial charge in [-0.25, -0.2) is 4.79 Å². The molecule has 0 heterocycles. The third kappa shape index (κ3) is 10.7. The molecule has 3 aromatic rings. The van der Waals surface area contributed by atoms with Crippen LogP contribution < -0.4 is 10.1 Å². The first-order valence-corrected chi connectivity index (χ1v) is 15.6. The van der Waals surface area contributed by atoms with E-state index in [0.29, 0.717) is 54.7 Å². The van der Waals surface area contributed by atoms with Crippen LogP contribution in [0.2, 0.25) is 10.0 Å². The average molecular weight is 625 g/mol. The van der Waals surface area contributed by atoms with Gasteiger partial charge in [0.15, 0.2) is 0 Å². The number of nitrogens with one attached hydrogen (secondary N) is 1. The number of benzene rings is 3. The molecule has 0 spiro atoms. The Balaban J connectivity index is 1.18. The molecule has 3 aromatic carbocycles. The fraction of sp³-hybridized carbons (Fsp3) is 0.400. The van der Waals surface area contributed by atoms with Crippen LogP contribution in [0.1, 0.15) is 61.6 Å².